The molecule has 19 heavy (non-hydrogen) atoms. The van der Waals surface area contributed by atoms with Crippen molar-refractivity contribution in [1.82, 2.24) is 4.90 Å². The largest absolute Gasteiger partial charge is 0.496 e. The zero-order valence-corrected chi connectivity index (χ0v) is 12.5. The number of methoxy groups -OCH3 is 1. The first-order valence-corrected chi connectivity index (χ1v) is 7.09. The normalized spacial score (nSPS) is 10.3. The van der Waals surface area contributed by atoms with E-state index in [1.165, 1.54) is 11.3 Å². The van der Waals surface area contributed by atoms with E-state index in [9.17, 15) is 4.79 Å². The number of ether oxygens (including phenoxy) is 1. The number of amides is 1. The maximum absolute atomic E-state index is 12.2. The van der Waals surface area contributed by atoms with E-state index in [4.69, 9.17) is 4.74 Å². The van der Waals surface area contributed by atoms with Crippen LogP contribution < -0.4 is 4.74 Å². The molecule has 0 aliphatic carbocycles. The van der Waals surface area contributed by atoms with Crippen LogP contribution in [0.25, 0.3) is 0 Å². The Hall–Kier alpha value is -1.46. The summed E-state index contributed by atoms with van der Waals surface area (Å²) >= 11 is 5.63. The zero-order chi connectivity index (χ0) is 13.8. The van der Waals surface area contributed by atoms with Crippen LogP contribution in [0.5, 0.6) is 5.75 Å². The number of rotatable bonds is 4. The van der Waals surface area contributed by atoms with Gasteiger partial charge in [0.2, 0.25) is 0 Å². The number of carbonyl (C=O) groups excluding carboxylic acids is 1. The van der Waals surface area contributed by atoms with Gasteiger partial charge in [-0.3, -0.25) is 4.79 Å². The molecule has 0 unspecified atom stereocenters. The molecule has 1 amide bonds. The van der Waals surface area contributed by atoms with Crippen LogP contribution in [0.4, 0.5) is 0 Å². The van der Waals surface area contributed by atoms with Crippen molar-refractivity contribution < 1.29 is 9.53 Å². The molecule has 0 N–H and O–H groups in total. The lowest BCUT2D eigenvalue weighted by molar-refractivity contribution is 0.0789. The lowest BCUT2D eigenvalue weighted by atomic mass is 10.2. The second-order valence-electron chi connectivity index (χ2n) is 4.14. The third-order valence-corrected chi connectivity index (χ3v) is 4.09. The molecule has 0 saturated carbocycles. The molecule has 0 bridgehead atoms. The Morgan fingerprint density at radius 1 is 1.42 bits per heavy atom. The minimum Gasteiger partial charge on any atom is -0.496 e. The Balaban J connectivity index is 2.12. The van der Waals surface area contributed by atoms with Crippen molar-refractivity contribution in [3.05, 3.63) is 46.2 Å². The first-order valence-electron chi connectivity index (χ1n) is 5.76. The number of nitrogens with zero attached hydrogens (tertiary/aromatic N) is 1. The van der Waals surface area contributed by atoms with Crippen molar-refractivity contribution >= 4 is 29.9 Å². The molecule has 100 valence electrons. The Labute approximate surface area is 122 Å². The SMILES string of the molecule is COc1ccccc1CN(C)C(=O)c1cc(S)cs1. The van der Waals surface area contributed by atoms with Crippen LogP contribution in [0.15, 0.2) is 40.6 Å². The average Bonchev–Trinajstić information content (AvgIpc) is 2.85. The van der Waals surface area contributed by atoms with Gasteiger partial charge in [0, 0.05) is 29.4 Å². The molecule has 0 atom stereocenters. The van der Waals surface area contributed by atoms with E-state index < -0.39 is 0 Å². The van der Waals surface area contributed by atoms with E-state index in [1.54, 1.807) is 25.1 Å². The molecule has 0 saturated heterocycles. The van der Waals surface area contributed by atoms with Gasteiger partial charge < -0.3 is 9.64 Å². The van der Waals surface area contributed by atoms with Gasteiger partial charge in [-0.25, -0.2) is 0 Å². The summed E-state index contributed by atoms with van der Waals surface area (Å²) in [7, 11) is 3.42. The van der Waals surface area contributed by atoms with E-state index in [0.29, 0.717) is 11.4 Å². The number of thiophene rings is 1. The summed E-state index contributed by atoms with van der Waals surface area (Å²) in [6.45, 7) is 0.517. The van der Waals surface area contributed by atoms with Gasteiger partial charge in [0.05, 0.1) is 12.0 Å². The van der Waals surface area contributed by atoms with E-state index >= 15 is 0 Å². The molecule has 1 aromatic heterocycles. The summed E-state index contributed by atoms with van der Waals surface area (Å²) in [6.07, 6.45) is 0. The van der Waals surface area contributed by atoms with Crippen LogP contribution in [0, 0.1) is 0 Å². The molecule has 0 aliphatic rings. The molecule has 3 nitrogen and oxygen atoms in total. The second kappa shape index (κ2) is 6.12. The van der Waals surface area contributed by atoms with Crippen LogP contribution in [0.2, 0.25) is 0 Å². The van der Waals surface area contributed by atoms with E-state index in [2.05, 4.69) is 12.6 Å². The quantitative estimate of drug-likeness (QED) is 0.876. The third-order valence-electron chi connectivity index (χ3n) is 2.74. The molecule has 0 radical (unpaired) electrons. The first-order chi connectivity index (χ1) is 9.11. The summed E-state index contributed by atoms with van der Waals surface area (Å²) in [5, 5.41) is 1.85. The molecule has 1 heterocycles. The summed E-state index contributed by atoms with van der Waals surface area (Å²) in [4.78, 5) is 15.4. The van der Waals surface area contributed by atoms with Gasteiger partial charge in [-0.1, -0.05) is 18.2 Å². The van der Waals surface area contributed by atoms with Crippen LogP contribution >= 0.6 is 24.0 Å². The minimum atomic E-state index is -0.00351. The first kappa shape index (κ1) is 14.0. The summed E-state index contributed by atoms with van der Waals surface area (Å²) < 4.78 is 5.29. The smallest absolute Gasteiger partial charge is 0.264 e. The van der Waals surface area contributed by atoms with Crippen molar-refractivity contribution in [2.75, 3.05) is 14.2 Å². The fourth-order valence-corrected chi connectivity index (χ4v) is 2.93. The molecular formula is C14H15NO2S2. The number of benzene rings is 1. The Morgan fingerprint density at radius 2 is 2.16 bits per heavy atom. The van der Waals surface area contributed by atoms with Gasteiger partial charge in [0.1, 0.15) is 5.75 Å². The number of hydrogen-bond acceptors (Lipinski definition) is 4. The Bertz CT molecular complexity index is 580. The van der Waals surface area contributed by atoms with Crippen molar-refractivity contribution in [3.63, 3.8) is 0 Å². The molecule has 1 aromatic carbocycles. The maximum atomic E-state index is 12.2. The predicted octanol–water partition coefficient (Wildman–Crippen LogP) is 3.32. The van der Waals surface area contributed by atoms with Gasteiger partial charge in [-0.2, -0.15) is 0 Å². The zero-order valence-electron chi connectivity index (χ0n) is 10.8. The highest BCUT2D eigenvalue weighted by atomic mass is 32.1. The van der Waals surface area contributed by atoms with Gasteiger partial charge in [-0.05, 0) is 12.1 Å². The average molecular weight is 293 g/mol. The van der Waals surface area contributed by atoms with E-state index in [0.717, 1.165) is 16.2 Å². The topological polar surface area (TPSA) is 29.5 Å². The molecule has 5 heteroatoms. The summed E-state index contributed by atoms with van der Waals surface area (Å²) in [5.41, 5.74) is 0.989. The van der Waals surface area contributed by atoms with E-state index in [-0.39, 0.29) is 5.91 Å². The fraction of sp³-hybridized carbons (Fsp3) is 0.214. The summed E-state index contributed by atoms with van der Waals surface area (Å²) in [5.74, 6) is 0.791. The number of thiol groups is 1. The van der Waals surface area contributed by atoms with Crippen LogP contribution in [-0.4, -0.2) is 25.0 Å². The van der Waals surface area contributed by atoms with Crippen molar-refractivity contribution in [2.24, 2.45) is 0 Å². The van der Waals surface area contributed by atoms with E-state index in [1.807, 2.05) is 29.6 Å². The number of para-hydroxylation sites is 1. The van der Waals surface area contributed by atoms with Gasteiger partial charge in [-0.15, -0.1) is 24.0 Å². The third kappa shape index (κ3) is 3.30. The number of carbonyl (C=O) groups is 1. The monoisotopic (exact) mass is 293 g/mol. The highest BCUT2D eigenvalue weighted by Crippen LogP contribution is 2.22. The van der Waals surface area contributed by atoms with Crippen LogP contribution in [-0.2, 0) is 6.54 Å². The standard InChI is InChI=1S/C14H15NO2S2/c1-15(14(16)13-7-11(18)9-19-13)8-10-5-3-4-6-12(10)17-2/h3-7,9,18H,8H2,1-2H3. The Morgan fingerprint density at radius 3 is 2.79 bits per heavy atom. The van der Waals surface area contributed by atoms with Gasteiger partial charge in [0.25, 0.3) is 5.91 Å². The lowest BCUT2D eigenvalue weighted by Crippen LogP contribution is -2.25. The highest BCUT2D eigenvalue weighted by molar-refractivity contribution is 7.80. The van der Waals surface area contributed by atoms with Gasteiger partial charge >= 0.3 is 0 Å². The number of hydrogen-bond donors (Lipinski definition) is 1. The van der Waals surface area contributed by atoms with Crippen molar-refractivity contribution in [2.45, 2.75) is 11.4 Å². The van der Waals surface area contributed by atoms with Crippen molar-refractivity contribution in [3.8, 4) is 5.75 Å². The van der Waals surface area contributed by atoms with Crippen molar-refractivity contribution in [1.29, 1.82) is 0 Å². The highest BCUT2D eigenvalue weighted by Gasteiger charge is 2.15. The van der Waals surface area contributed by atoms with Crippen LogP contribution in [0.1, 0.15) is 15.2 Å². The van der Waals surface area contributed by atoms with Crippen LogP contribution in [0.3, 0.4) is 0 Å². The molecule has 2 aromatic rings. The maximum Gasteiger partial charge on any atom is 0.264 e. The lowest BCUT2D eigenvalue weighted by Gasteiger charge is -2.18. The fourth-order valence-electron chi connectivity index (χ4n) is 1.79. The molecule has 0 fully saturated rings. The second-order valence-corrected chi connectivity index (χ2v) is 5.57. The molecule has 2 rings (SSSR count). The predicted molar refractivity (Wildman–Crippen MR) is 80.4 cm³/mol. The molecular weight excluding hydrogens is 278 g/mol. The molecule has 0 aliphatic heterocycles. The van der Waals surface area contributed by atoms with Gasteiger partial charge in [0.15, 0.2) is 0 Å². The summed E-state index contributed by atoms with van der Waals surface area (Å²) in [6, 6.07) is 9.49. The minimum absolute atomic E-state index is 0.00351. The Kier molecular flexibility index (Phi) is 4.50. The molecule has 0 spiro atoms.